The number of likely N-dealkylation sites (tertiary alicyclic amines) is 1. The van der Waals surface area contributed by atoms with Gasteiger partial charge in [-0.05, 0) is 12.3 Å². The van der Waals surface area contributed by atoms with Gasteiger partial charge in [-0.25, -0.2) is 0 Å². The molecule has 104 valence electrons. The van der Waals surface area contributed by atoms with Crippen molar-refractivity contribution in [2.24, 2.45) is 5.92 Å². The maximum Gasteiger partial charge on any atom is 0.246 e. The molecule has 1 aliphatic rings. The second-order valence-electron chi connectivity index (χ2n) is 5.11. The molecular weight excluding hydrogens is 232 g/mol. The molecule has 0 aromatic heterocycles. The van der Waals surface area contributed by atoms with Crippen LogP contribution in [0.15, 0.2) is 0 Å². The van der Waals surface area contributed by atoms with Gasteiger partial charge in [0, 0.05) is 19.7 Å². The van der Waals surface area contributed by atoms with Crippen LogP contribution in [0, 0.1) is 5.92 Å². The number of nitrogens with zero attached hydrogens (tertiary/aromatic N) is 1. The lowest BCUT2D eigenvalue weighted by molar-refractivity contribution is -0.138. The van der Waals surface area contributed by atoms with Crippen LogP contribution in [-0.2, 0) is 14.3 Å². The average molecular weight is 256 g/mol. The first-order valence-corrected chi connectivity index (χ1v) is 6.60. The van der Waals surface area contributed by atoms with E-state index < -0.39 is 0 Å². The van der Waals surface area contributed by atoms with Crippen LogP contribution in [0.4, 0.5) is 0 Å². The van der Waals surface area contributed by atoms with Crippen LogP contribution in [0.2, 0.25) is 0 Å². The number of amides is 2. The number of imide groups is 1. The Kier molecular flexibility index (Phi) is 5.75. The lowest BCUT2D eigenvalue weighted by Gasteiger charge is -2.24. The standard InChI is InChI=1S/C13H24N2O3/c1-5-6-15-12(16)7-10(13(15)17)14-11(8-18-4)9(2)3/h9-11,14H,5-8H2,1-4H3. The van der Waals surface area contributed by atoms with Crippen molar-refractivity contribution >= 4 is 11.8 Å². The summed E-state index contributed by atoms with van der Waals surface area (Å²) in [4.78, 5) is 25.2. The predicted molar refractivity (Wildman–Crippen MR) is 69.1 cm³/mol. The van der Waals surface area contributed by atoms with E-state index in [9.17, 15) is 9.59 Å². The van der Waals surface area contributed by atoms with E-state index in [0.29, 0.717) is 19.1 Å². The van der Waals surface area contributed by atoms with E-state index in [1.54, 1.807) is 7.11 Å². The minimum Gasteiger partial charge on any atom is -0.383 e. The highest BCUT2D eigenvalue weighted by atomic mass is 16.5. The van der Waals surface area contributed by atoms with Gasteiger partial charge < -0.3 is 10.1 Å². The summed E-state index contributed by atoms with van der Waals surface area (Å²) in [6.45, 7) is 7.17. The van der Waals surface area contributed by atoms with E-state index in [1.165, 1.54) is 4.90 Å². The predicted octanol–water partition coefficient (Wildman–Crippen LogP) is 0.784. The van der Waals surface area contributed by atoms with Crippen LogP contribution in [0.1, 0.15) is 33.6 Å². The lowest BCUT2D eigenvalue weighted by Crippen LogP contribution is -2.47. The Hall–Kier alpha value is -0.940. The maximum absolute atomic E-state index is 12.1. The third-order valence-corrected chi connectivity index (χ3v) is 3.26. The van der Waals surface area contributed by atoms with Gasteiger partial charge in [0.2, 0.25) is 11.8 Å². The first kappa shape index (κ1) is 15.1. The first-order chi connectivity index (χ1) is 8.51. The Balaban J connectivity index is 2.62. The number of carbonyl (C=O) groups is 2. The van der Waals surface area contributed by atoms with Crippen molar-refractivity contribution in [2.45, 2.75) is 45.7 Å². The Morgan fingerprint density at radius 1 is 1.44 bits per heavy atom. The summed E-state index contributed by atoms with van der Waals surface area (Å²) in [5.74, 6) is 0.191. The monoisotopic (exact) mass is 256 g/mol. The zero-order chi connectivity index (χ0) is 13.7. The quantitative estimate of drug-likeness (QED) is 0.684. The van der Waals surface area contributed by atoms with Gasteiger partial charge in [0.1, 0.15) is 0 Å². The molecule has 0 aromatic carbocycles. The second kappa shape index (κ2) is 6.85. The van der Waals surface area contributed by atoms with Crippen molar-refractivity contribution in [2.75, 3.05) is 20.3 Å². The molecule has 0 spiro atoms. The Labute approximate surface area is 109 Å². The number of carbonyl (C=O) groups excluding carboxylic acids is 2. The highest BCUT2D eigenvalue weighted by Gasteiger charge is 2.39. The zero-order valence-corrected chi connectivity index (χ0v) is 11.7. The van der Waals surface area contributed by atoms with Crippen molar-refractivity contribution in [3.05, 3.63) is 0 Å². The van der Waals surface area contributed by atoms with Crippen molar-refractivity contribution < 1.29 is 14.3 Å². The number of rotatable bonds is 7. The van der Waals surface area contributed by atoms with Crippen LogP contribution < -0.4 is 5.32 Å². The highest BCUT2D eigenvalue weighted by Crippen LogP contribution is 2.15. The fourth-order valence-corrected chi connectivity index (χ4v) is 2.14. The Bertz CT molecular complexity index is 305. The van der Waals surface area contributed by atoms with Gasteiger partial charge in [0.15, 0.2) is 0 Å². The van der Waals surface area contributed by atoms with Gasteiger partial charge in [0.25, 0.3) is 0 Å². The molecule has 2 amide bonds. The van der Waals surface area contributed by atoms with Crippen molar-refractivity contribution in [3.63, 3.8) is 0 Å². The normalized spacial score (nSPS) is 22.1. The molecule has 0 aliphatic carbocycles. The van der Waals surface area contributed by atoms with Crippen LogP contribution in [0.3, 0.4) is 0 Å². The molecule has 0 saturated carbocycles. The number of hydrogen-bond donors (Lipinski definition) is 1. The number of methoxy groups -OCH3 is 1. The smallest absolute Gasteiger partial charge is 0.246 e. The fourth-order valence-electron chi connectivity index (χ4n) is 2.14. The Morgan fingerprint density at radius 3 is 2.61 bits per heavy atom. The molecular formula is C13H24N2O3. The lowest BCUT2D eigenvalue weighted by atomic mass is 10.0. The third-order valence-electron chi connectivity index (χ3n) is 3.26. The molecule has 1 heterocycles. The molecule has 1 N–H and O–H groups in total. The van der Waals surface area contributed by atoms with E-state index in [4.69, 9.17) is 4.74 Å². The molecule has 18 heavy (non-hydrogen) atoms. The van der Waals surface area contributed by atoms with E-state index in [-0.39, 0.29) is 30.3 Å². The zero-order valence-electron chi connectivity index (χ0n) is 11.7. The molecule has 1 rings (SSSR count). The largest absolute Gasteiger partial charge is 0.383 e. The summed E-state index contributed by atoms with van der Waals surface area (Å²) >= 11 is 0. The minimum atomic E-state index is -0.383. The van der Waals surface area contributed by atoms with Gasteiger partial charge in [-0.15, -0.1) is 0 Å². The fraction of sp³-hybridized carbons (Fsp3) is 0.846. The van der Waals surface area contributed by atoms with Crippen molar-refractivity contribution in [3.8, 4) is 0 Å². The number of nitrogens with one attached hydrogen (secondary N) is 1. The molecule has 0 radical (unpaired) electrons. The SMILES string of the molecule is CCCN1C(=O)CC(NC(COC)C(C)C)C1=O. The maximum atomic E-state index is 12.1. The van der Waals surface area contributed by atoms with Crippen LogP contribution in [0.25, 0.3) is 0 Å². The summed E-state index contributed by atoms with van der Waals surface area (Å²) < 4.78 is 5.14. The molecule has 2 atom stereocenters. The molecule has 0 aromatic rings. The molecule has 5 nitrogen and oxygen atoms in total. The summed E-state index contributed by atoms with van der Waals surface area (Å²) in [6, 6.07) is -0.287. The van der Waals surface area contributed by atoms with Crippen LogP contribution in [-0.4, -0.2) is 49.1 Å². The summed E-state index contributed by atoms with van der Waals surface area (Å²) in [5.41, 5.74) is 0. The molecule has 1 aliphatic heterocycles. The van der Waals surface area contributed by atoms with Crippen LogP contribution >= 0.6 is 0 Å². The summed E-state index contributed by atoms with van der Waals surface area (Å²) in [5, 5.41) is 3.25. The highest BCUT2D eigenvalue weighted by molar-refractivity contribution is 6.05. The second-order valence-corrected chi connectivity index (χ2v) is 5.11. The topological polar surface area (TPSA) is 58.6 Å². The van der Waals surface area contributed by atoms with Crippen molar-refractivity contribution in [1.29, 1.82) is 0 Å². The average Bonchev–Trinajstić information content (AvgIpc) is 2.56. The Morgan fingerprint density at radius 2 is 2.11 bits per heavy atom. The van der Waals surface area contributed by atoms with E-state index >= 15 is 0 Å². The van der Waals surface area contributed by atoms with Gasteiger partial charge in [-0.2, -0.15) is 0 Å². The molecule has 1 saturated heterocycles. The van der Waals surface area contributed by atoms with E-state index in [2.05, 4.69) is 19.2 Å². The van der Waals surface area contributed by atoms with E-state index in [0.717, 1.165) is 6.42 Å². The minimum absolute atomic E-state index is 0.0701. The van der Waals surface area contributed by atoms with E-state index in [1.807, 2.05) is 6.92 Å². The van der Waals surface area contributed by atoms with Gasteiger partial charge in [-0.1, -0.05) is 20.8 Å². The molecule has 1 fully saturated rings. The first-order valence-electron chi connectivity index (χ1n) is 6.60. The van der Waals surface area contributed by atoms with Gasteiger partial charge in [-0.3, -0.25) is 14.5 Å². The van der Waals surface area contributed by atoms with Crippen LogP contribution in [0.5, 0.6) is 0 Å². The van der Waals surface area contributed by atoms with Crippen molar-refractivity contribution in [1.82, 2.24) is 10.2 Å². The molecule has 5 heteroatoms. The number of ether oxygens (including phenoxy) is 1. The summed E-state index contributed by atoms with van der Waals surface area (Å²) in [7, 11) is 1.64. The molecule has 2 unspecified atom stereocenters. The summed E-state index contributed by atoms with van der Waals surface area (Å²) in [6.07, 6.45) is 1.07. The van der Waals surface area contributed by atoms with Gasteiger partial charge in [0.05, 0.1) is 19.1 Å². The molecule has 0 bridgehead atoms. The van der Waals surface area contributed by atoms with Gasteiger partial charge >= 0.3 is 0 Å². The number of hydrogen-bond acceptors (Lipinski definition) is 4. The third kappa shape index (κ3) is 3.53.